The maximum atomic E-state index is 13.4. The Bertz CT molecular complexity index is 956. The minimum Gasteiger partial charge on any atom is -0.452 e. The second kappa shape index (κ2) is 9.18. The van der Waals surface area contributed by atoms with Gasteiger partial charge in [-0.3, -0.25) is 9.59 Å². The van der Waals surface area contributed by atoms with E-state index in [0.29, 0.717) is 11.6 Å². The Morgan fingerprint density at radius 3 is 2.29 bits per heavy atom. The smallest absolute Gasteiger partial charge is 0.338 e. The first-order valence-corrected chi connectivity index (χ1v) is 7.69. The molecule has 28 heavy (non-hydrogen) atoms. The van der Waals surface area contributed by atoms with Gasteiger partial charge in [-0.15, -0.1) is 0 Å². The Morgan fingerprint density at radius 1 is 0.964 bits per heavy atom. The van der Waals surface area contributed by atoms with Gasteiger partial charge < -0.3 is 15.4 Å². The zero-order valence-corrected chi connectivity index (χ0v) is 14.1. The first-order valence-electron chi connectivity index (χ1n) is 7.69. The van der Waals surface area contributed by atoms with Crippen molar-refractivity contribution in [2.24, 2.45) is 0 Å². The Hall–Kier alpha value is -3.87. The number of anilines is 1. The number of nitriles is 1. The zero-order valence-electron chi connectivity index (χ0n) is 14.1. The lowest BCUT2D eigenvalue weighted by molar-refractivity contribution is -0.126. The zero-order chi connectivity index (χ0) is 20.7. The number of benzene rings is 2. The average Bonchev–Trinajstić information content (AvgIpc) is 2.71. The molecule has 0 aromatic heterocycles. The molecule has 0 bridgehead atoms. The van der Waals surface area contributed by atoms with Crippen molar-refractivity contribution in [3.8, 4) is 6.07 Å². The molecule has 0 unspecified atom stereocenters. The molecule has 0 aliphatic heterocycles. The van der Waals surface area contributed by atoms with E-state index >= 15 is 0 Å². The highest BCUT2D eigenvalue weighted by molar-refractivity contribution is 5.95. The van der Waals surface area contributed by atoms with Gasteiger partial charge in [0.25, 0.3) is 5.91 Å². The lowest BCUT2D eigenvalue weighted by Crippen LogP contribution is -2.35. The fourth-order valence-corrected chi connectivity index (χ4v) is 1.94. The highest BCUT2D eigenvalue weighted by atomic mass is 19.2. The second-order valence-electron chi connectivity index (χ2n) is 5.31. The van der Waals surface area contributed by atoms with Crippen LogP contribution in [0, 0.1) is 28.8 Å². The first kappa shape index (κ1) is 20.4. The van der Waals surface area contributed by atoms with Crippen molar-refractivity contribution in [1.29, 1.82) is 5.26 Å². The molecule has 0 aliphatic rings. The van der Waals surface area contributed by atoms with Crippen LogP contribution in [0.25, 0.3) is 0 Å². The number of hydrogen-bond acceptors (Lipinski definition) is 5. The van der Waals surface area contributed by atoms with Crippen LogP contribution in [0.15, 0.2) is 36.4 Å². The van der Waals surface area contributed by atoms with Gasteiger partial charge in [-0.05, 0) is 36.4 Å². The summed E-state index contributed by atoms with van der Waals surface area (Å²) in [4.78, 5) is 35.0. The summed E-state index contributed by atoms with van der Waals surface area (Å²) >= 11 is 0. The van der Waals surface area contributed by atoms with Crippen LogP contribution in [0.5, 0.6) is 0 Å². The van der Waals surface area contributed by atoms with Crippen LogP contribution in [0.4, 0.5) is 18.9 Å². The van der Waals surface area contributed by atoms with Crippen molar-refractivity contribution < 1.29 is 32.3 Å². The third kappa shape index (κ3) is 5.31. The van der Waals surface area contributed by atoms with Gasteiger partial charge in [-0.2, -0.15) is 5.26 Å². The number of carbonyl (C=O) groups is 3. The monoisotopic (exact) mass is 391 g/mol. The summed E-state index contributed by atoms with van der Waals surface area (Å²) in [6, 6.07) is 8.84. The summed E-state index contributed by atoms with van der Waals surface area (Å²) in [5, 5.41) is 12.8. The van der Waals surface area contributed by atoms with Crippen LogP contribution in [-0.2, 0) is 14.3 Å². The minimum atomic E-state index is -1.74. The van der Waals surface area contributed by atoms with E-state index in [2.05, 4.69) is 5.32 Å². The summed E-state index contributed by atoms with van der Waals surface area (Å²) in [6.45, 7) is -1.31. The Labute approximate surface area is 156 Å². The normalized spacial score (nSPS) is 9.93. The number of hydrogen-bond donors (Lipinski definition) is 2. The average molecular weight is 391 g/mol. The SMILES string of the molecule is N#Cc1ccc(C(=O)OCC(=O)NCC(=O)Nc2ccc(F)c(F)c2F)cc1. The number of nitrogens with zero attached hydrogens (tertiary/aromatic N) is 1. The Balaban J connectivity index is 1.79. The molecule has 0 radical (unpaired) electrons. The molecule has 2 rings (SSSR count). The van der Waals surface area contributed by atoms with E-state index in [9.17, 15) is 27.6 Å². The van der Waals surface area contributed by atoms with Gasteiger partial charge in [0.1, 0.15) is 0 Å². The van der Waals surface area contributed by atoms with E-state index in [1.165, 1.54) is 24.3 Å². The van der Waals surface area contributed by atoms with E-state index < -0.39 is 54.1 Å². The highest BCUT2D eigenvalue weighted by Gasteiger charge is 2.16. The largest absolute Gasteiger partial charge is 0.452 e. The molecule has 0 atom stereocenters. The third-order valence-corrected chi connectivity index (χ3v) is 3.34. The van der Waals surface area contributed by atoms with Crippen LogP contribution < -0.4 is 10.6 Å². The van der Waals surface area contributed by atoms with Gasteiger partial charge in [0.2, 0.25) is 5.91 Å². The maximum absolute atomic E-state index is 13.4. The van der Waals surface area contributed by atoms with Crippen LogP contribution in [0.3, 0.4) is 0 Å². The Kier molecular flexibility index (Phi) is 6.70. The molecular weight excluding hydrogens is 379 g/mol. The quantitative estimate of drug-likeness (QED) is 0.578. The summed E-state index contributed by atoms with van der Waals surface area (Å²) in [7, 11) is 0. The van der Waals surface area contributed by atoms with Crippen molar-refractivity contribution >= 4 is 23.5 Å². The van der Waals surface area contributed by atoms with Crippen molar-refractivity contribution in [2.45, 2.75) is 0 Å². The summed E-state index contributed by atoms with van der Waals surface area (Å²) in [5.74, 6) is -7.26. The summed E-state index contributed by atoms with van der Waals surface area (Å²) < 4.78 is 44.1. The summed E-state index contributed by atoms with van der Waals surface area (Å²) in [5.41, 5.74) is -0.124. The van der Waals surface area contributed by atoms with Crippen LogP contribution in [-0.4, -0.2) is 30.9 Å². The van der Waals surface area contributed by atoms with Crippen LogP contribution in [0.2, 0.25) is 0 Å². The molecule has 7 nitrogen and oxygen atoms in total. The maximum Gasteiger partial charge on any atom is 0.338 e. The predicted octanol–water partition coefficient (Wildman–Crippen LogP) is 1.89. The topological polar surface area (TPSA) is 108 Å². The van der Waals surface area contributed by atoms with Gasteiger partial charge in [0, 0.05) is 0 Å². The number of halogens is 3. The molecule has 2 amide bonds. The van der Waals surface area contributed by atoms with Gasteiger partial charge in [0.15, 0.2) is 24.1 Å². The summed E-state index contributed by atoms with van der Waals surface area (Å²) in [6.07, 6.45) is 0. The third-order valence-electron chi connectivity index (χ3n) is 3.34. The number of nitrogens with one attached hydrogen (secondary N) is 2. The van der Waals surface area contributed by atoms with E-state index in [1.807, 2.05) is 11.4 Å². The van der Waals surface area contributed by atoms with E-state index in [4.69, 9.17) is 10.00 Å². The second-order valence-corrected chi connectivity index (χ2v) is 5.31. The Morgan fingerprint density at radius 2 is 1.64 bits per heavy atom. The molecule has 0 saturated heterocycles. The number of esters is 1. The fraction of sp³-hybridized carbons (Fsp3) is 0.111. The van der Waals surface area contributed by atoms with E-state index in [1.54, 1.807) is 0 Å². The molecule has 144 valence electrons. The van der Waals surface area contributed by atoms with Gasteiger partial charge in [-0.1, -0.05) is 0 Å². The van der Waals surface area contributed by atoms with Crippen molar-refractivity contribution in [3.05, 3.63) is 65.0 Å². The van der Waals surface area contributed by atoms with Crippen molar-refractivity contribution in [1.82, 2.24) is 5.32 Å². The van der Waals surface area contributed by atoms with Gasteiger partial charge in [-0.25, -0.2) is 18.0 Å². The molecule has 0 saturated carbocycles. The number of carbonyl (C=O) groups excluding carboxylic acids is 3. The van der Waals surface area contributed by atoms with Crippen LogP contribution >= 0.6 is 0 Å². The van der Waals surface area contributed by atoms with E-state index in [-0.39, 0.29) is 5.56 Å². The van der Waals surface area contributed by atoms with Crippen LogP contribution in [0.1, 0.15) is 15.9 Å². The molecule has 10 heteroatoms. The number of ether oxygens (including phenoxy) is 1. The minimum absolute atomic E-state index is 0.123. The van der Waals surface area contributed by atoms with Gasteiger partial charge in [0.05, 0.1) is 29.4 Å². The molecule has 2 N–H and O–H groups in total. The molecule has 2 aromatic rings. The lowest BCUT2D eigenvalue weighted by atomic mass is 10.1. The standard InChI is InChI=1S/C18H12F3N3O4/c19-12-5-6-13(17(21)16(12)20)24-14(25)8-23-15(26)9-28-18(27)11-3-1-10(7-22)2-4-11/h1-6H,8-9H2,(H,23,26)(H,24,25). The number of rotatable bonds is 6. The van der Waals surface area contributed by atoms with Crippen molar-refractivity contribution in [3.63, 3.8) is 0 Å². The number of amides is 2. The lowest BCUT2D eigenvalue weighted by Gasteiger charge is -2.09. The molecular formula is C18H12F3N3O4. The molecule has 0 heterocycles. The molecule has 0 aliphatic carbocycles. The molecule has 0 fully saturated rings. The van der Waals surface area contributed by atoms with E-state index in [0.717, 1.165) is 6.07 Å². The fourth-order valence-electron chi connectivity index (χ4n) is 1.94. The molecule has 2 aromatic carbocycles. The predicted molar refractivity (Wildman–Crippen MR) is 89.4 cm³/mol. The van der Waals surface area contributed by atoms with Gasteiger partial charge >= 0.3 is 5.97 Å². The first-order chi connectivity index (χ1) is 13.3. The molecule has 0 spiro atoms. The highest BCUT2D eigenvalue weighted by Crippen LogP contribution is 2.19. The van der Waals surface area contributed by atoms with Crippen molar-refractivity contribution in [2.75, 3.05) is 18.5 Å².